The number of benzene rings is 6. The number of nitrogens with one attached hydrogen (secondary N) is 2. The van der Waals surface area contributed by atoms with Crippen molar-refractivity contribution in [3.8, 4) is 11.8 Å². The highest BCUT2D eigenvalue weighted by atomic mass is 19.1. The molecule has 0 saturated heterocycles. The number of rotatable bonds is 20. The summed E-state index contributed by atoms with van der Waals surface area (Å²) in [6.45, 7) is 1.29. The molecule has 4 unspecified atom stereocenters. The Kier molecular flexibility index (Phi) is 17.0. The van der Waals surface area contributed by atoms with E-state index >= 15 is 0 Å². The van der Waals surface area contributed by atoms with E-state index in [2.05, 4.69) is 22.8 Å². The normalized spacial score (nSPS) is 14.0. The molecule has 0 saturated carbocycles. The number of hydrogen-bond donors (Lipinski definition) is 4. The van der Waals surface area contributed by atoms with Crippen LogP contribution in [-0.4, -0.2) is 72.8 Å². The number of ether oxygens (including phenoxy) is 2. The van der Waals surface area contributed by atoms with E-state index < -0.39 is 11.2 Å². The van der Waals surface area contributed by atoms with Gasteiger partial charge in [0.25, 0.3) is 0 Å². The summed E-state index contributed by atoms with van der Waals surface area (Å²) in [4.78, 5) is 9.54. The Morgan fingerprint density at radius 3 is 1.19 bits per heavy atom. The molecular weight excluding hydrogens is 855 g/mol. The zero-order chi connectivity index (χ0) is 47.9. The van der Waals surface area contributed by atoms with E-state index in [9.17, 15) is 19.0 Å². The third-order valence-corrected chi connectivity index (χ3v) is 12.9. The lowest BCUT2D eigenvalue weighted by Gasteiger charge is -2.38. The van der Waals surface area contributed by atoms with Gasteiger partial charge >= 0.3 is 0 Å². The molecule has 352 valence electrons. The van der Waals surface area contributed by atoms with Crippen molar-refractivity contribution in [3.05, 3.63) is 215 Å². The molecule has 2 aromatic heterocycles. The number of fused-ring (bicyclic) bond motifs is 2. The number of pyridine rings is 2. The second kappa shape index (κ2) is 23.4. The number of aliphatic hydroxyl groups is 2. The number of aromatic nitrogens is 2. The average molecular weight is 917 g/mol. The Bertz CT molecular complexity index is 2620. The molecule has 0 aliphatic carbocycles. The molecule has 8 aromatic rings. The highest BCUT2D eigenvalue weighted by Crippen LogP contribution is 2.45. The van der Waals surface area contributed by atoms with E-state index in [4.69, 9.17) is 19.4 Å². The molecule has 0 radical (unpaired) electrons. The molecule has 0 aliphatic rings. The highest BCUT2D eigenvalue weighted by Gasteiger charge is 2.41. The molecule has 8 nitrogen and oxygen atoms in total. The van der Waals surface area contributed by atoms with Crippen LogP contribution in [0.15, 0.2) is 170 Å². The van der Waals surface area contributed by atoms with Gasteiger partial charge in [0.05, 0.1) is 36.5 Å². The Morgan fingerprint density at radius 1 is 0.485 bits per heavy atom. The molecule has 0 amide bonds. The van der Waals surface area contributed by atoms with Crippen LogP contribution in [-0.2, 0) is 12.8 Å². The van der Waals surface area contributed by atoms with E-state index in [0.717, 1.165) is 55.2 Å². The van der Waals surface area contributed by atoms with Crippen molar-refractivity contribution in [1.29, 1.82) is 0 Å². The van der Waals surface area contributed by atoms with Crippen LogP contribution < -0.4 is 20.1 Å². The van der Waals surface area contributed by atoms with Gasteiger partial charge in [0.1, 0.15) is 11.6 Å². The van der Waals surface area contributed by atoms with E-state index in [1.54, 1.807) is 38.5 Å². The van der Waals surface area contributed by atoms with Crippen LogP contribution in [0.5, 0.6) is 11.8 Å². The first-order valence-corrected chi connectivity index (χ1v) is 23.3. The van der Waals surface area contributed by atoms with E-state index in [0.29, 0.717) is 63.4 Å². The molecule has 6 aromatic carbocycles. The summed E-state index contributed by atoms with van der Waals surface area (Å²) < 4.78 is 38.4. The summed E-state index contributed by atoms with van der Waals surface area (Å²) in [6, 6.07) is 53.1. The van der Waals surface area contributed by atoms with Crippen molar-refractivity contribution in [1.82, 2.24) is 20.6 Å². The maximum Gasteiger partial charge on any atom is 0.217 e. The molecule has 0 aliphatic heterocycles. The standard InChI is InChI=1S/2C29H31FN2O2/c2*1-31-19-18-29(33,17-16-21-12-14-24(30)15-13-21)27(22-8-4-3-5-9-22)25-20-23-10-6-7-11-26(23)32-28(25)34-2/h2*3-15,20,27,31,33H,16-19H2,1-2H3. The summed E-state index contributed by atoms with van der Waals surface area (Å²) >= 11 is 0. The predicted molar refractivity (Wildman–Crippen MR) is 270 cm³/mol. The smallest absolute Gasteiger partial charge is 0.217 e. The van der Waals surface area contributed by atoms with Crippen molar-refractivity contribution in [2.24, 2.45) is 0 Å². The monoisotopic (exact) mass is 916 g/mol. The Labute approximate surface area is 399 Å². The van der Waals surface area contributed by atoms with Crippen molar-refractivity contribution in [2.75, 3.05) is 41.4 Å². The van der Waals surface area contributed by atoms with E-state index in [-0.39, 0.29) is 23.5 Å². The minimum Gasteiger partial charge on any atom is -0.481 e. The largest absolute Gasteiger partial charge is 0.481 e. The molecule has 8 rings (SSSR count). The fraction of sp³-hybridized carbons (Fsp3) is 0.276. The Hall–Kier alpha value is -6.56. The second-order valence-corrected chi connectivity index (χ2v) is 17.4. The van der Waals surface area contributed by atoms with Crippen LogP contribution in [0, 0.1) is 11.6 Å². The second-order valence-electron chi connectivity index (χ2n) is 17.4. The van der Waals surface area contributed by atoms with Crippen LogP contribution in [0.1, 0.15) is 70.9 Å². The molecule has 0 fully saturated rings. The van der Waals surface area contributed by atoms with Gasteiger partial charge in [-0.3, -0.25) is 0 Å². The number of para-hydroxylation sites is 2. The van der Waals surface area contributed by atoms with Gasteiger partial charge in [-0.2, -0.15) is 0 Å². The molecular formula is C58H62F2N4O4. The fourth-order valence-electron chi connectivity index (χ4n) is 9.35. The molecule has 4 atom stereocenters. The maximum absolute atomic E-state index is 13.4. The van der Waals surface area contributed by atoms with Gasteiger partial charge in [-0.15, -0.1) is 0 Å². The summed E-state index contributed by atoms with van der Waals surface area (Å²) in [5, 5.41) is 33.0. The quantitative estimate of drug-likeness (QED) is 0.0599. The Morgan fingerprint density at radius 2 is 0.838 bits per heavy atom. The van der Waals surface area contributed by atoms with Crippen molar-refractivity contribution in [3.63, 3.8) is 0 Å². The summed E-state index contributed by atoms with van der Waals surface area (Å²) in [5.74, 6) is -0.231. The summed E-state index contributed by atoms with van der Waals surface area (Å²) in [7, 11) is 7.01. The lowest BCUT2D eigenvalue weighted by atomic mass is 9.72. The van der Waals surface area contributed by atoms with Gasteiger partial charge < -0.3 is 30.3 Å². The molecule has 68 heavy (non-hydrogen) atoms. The van der Waals surface area contributed by atoms with Crippen molar-refractivity contribution < 1.29 is 28.5 Å². The van der Waals surface area contributed by atoms with Crippen LogP contribution >= 0.6 is 0 Å². The lowest BCUT2D eigenvalue weighted by Crippen LogP contribution is -2.40. The topological polar surface area (TPSA) is 109 Å². The van der Waals surface area contributed by atoms with Crippen LogP contribution in [0.4, 0.5) is 8.78 Å². The SMILES string of the molecule is CNCCC(O)(CCc1ccc(F)cc1)C(c1ccccc1)c1cc2ccccc2nc1OC.CNCCC(O)(CCc1ccc(F)cc1)C(c1ccccc1)c1cc2ccccc2nc1OC. The van der Waals surface area contributed by atoms with Gasteiger partial charge in [0.15, 0.2) is 0 Å². The lowest BCUT2D eigenvalue weighted by molar-refractivity contribution is 0.00654. The molecule has 4 N–H and O–H groups in total. The number of hydrogen-bond acceptors (Lipinski definition) is 8. The van der Waals surface area contributed by atoms with E-state index in [1.165, 1.54) is 24.3 Å². The van der Waals surface area contributed by atoms with E-state index in [1.807, 2.05) is 123 Å². The average Bonchev–Trinajstić information content (AvgIpc) is 3.37. The number of methoxy groups -OCH3 is 2. The number of nitrogens with zero attached hydrogens (tertiary/aromatic N) is 2. The summed E-state index contributed by atoms with van der Waals surface area (Å²) in [5.41, 5.74) is 5.16. The summed E-state index contributed by atoms with van der Waals surface area (Å²) in [6.07, 6.45) is 3.28. The predicted octanol–water partition coefficient (Wildman–Crippen LogP) is 11.0. The first-order valence-electron chi connectivity index (χ1n) is 23.3. The molecule has 0 spiro atoms. The zero-order valence-corrected chi connectivity index (χ0v) is 39.3. The van der Waals surface area contributed by atoms with Crippen molar-refractivity contribution in [2.45, 2.75) is 61.6 Å². The van der Waals surface area contributed by atoms with Crippen LogP contribution in [0.25, 0.3) is 21.8 Å². The highest BCUT2D eigenvalue weighted by molar-refractivity contribution is 5.81. The Balaban J connectivity index is 0.000000201. The minimum atomic E-state index is -1.10. The van der Waals surface area contributed by atoms with Gasteiger partial charge in [-0.25, -0.2) is 18.7 Å². The van der Waals surface area contributed by atoms with Gasteiger partial charge in [0.2, 0.25) is 11.8 Å². The van der Waals surface area contributed by atoms with Crippen LogP contribution in [0.2, 0.25) is 0 Å². The maximum atomic E-state index is 13.4. The van der Waals surface area contributed by atoms with Gasteiger partial charge in [-0.05, 0) is 136 Å². The van der Waals surface area contributed by atoms with Gasteiger partial charge in [-0.1, -0.05) is 121 Å². The van der Waals surface area contributed by atoms with Crippen LogP contribution in [0.3, 0.4) is 0 Å². The third-order valence-electron chi connectivity index (χ3n) is 12.9. The fourth-order valence-corrected chi connectivity index (χ4v) is 9.35. The van der Waals surface area contributed by atoms with Gasteiger partial charge in [0, 0.05) is 33.7 Å². The number of aryl methyl sites for hydroxylation is 2. The first-order chi connectivity index (χ1) is 33.1. The molecule has 0 bridgehead atoms. The van der Waals surface area contributed by atoms with Crippen molar-refractivity contribution >= 4 is 21.8 Å². The molecule has 10 heteroatoms. The third kappa shape index (κ3) is 12.1. The number of halogens is 2. The minimum absolute atomic E-state index is 0.261. The molecule has 2 heterocycles. The first kappa shape index (κ1) is 49.3. The zero-order valence-electron chi connectivity index (χ0n) is 39.3.